The van der Waals surface area contributed by atoms with Crippen LogP contribution in [-0.4, -0.2) is 63.9 Å². The predicted molar refractivity (Wildman–Crippen MR) is 115 cm³/mol. The first-order valence-electron chi connectivity index (χ1n) is 8.77. The highest BCUT2D eigenvalue weighted by Gasteiger charge is 2.53. The lowest BCUT2D eigenvalue weighted by molar-refractivity contribution is 0.123. The second kappa shape index (κ2) is 9.36. The average Bonchev–Trinajstić information content (AvgIpc) is 2.34. The molecule has 0 saturated heterocycles. The van der Waals surface area contributed by atoms with Crippen molar-refractivity contribution >= 4 is 42.6 Å². The monoisotopic (exact) mass is 444 g/mol. The van der Waals surface area contributed by atoms with Gasteiger partial charge in [-0.3, -0.25) is 0 Å². The molecule has 152 valence electrons. The van der Waals surface area contributed by atoms with Gasteiger partial charge in [-0.2, -0.15) is 0 Å². The van der Waals surface area contributed by atoms with Crippen molar-refractivity contribution in [2.75, 3.05) is 21.3 Å². The lowest BCUT2D eigenvalue weighted by Crippen LogP contribution is -2.61. The Morgan fingerprint density at radius 1 is 0.440 bits per heavy atom. The van der Waals surface area contributed by atoms with Crippen LogP contribution in [0.4, 0.5) is 0 Å². The molecule has 0 spiro atoms. The van der Waals surface area contributed by atoms with E-state index in [4.69, 9.17) is 25.6 Å². The zero-order chi connectivity index (χ0) is 20.2. The molecule has 0 saturated carbocycles. The van der Waals surface area contributed by atoms with Crippen LogP contribution in [0.3, 0.4) is 0 Å². The second-order valence-corrected chi connectivity index (χ2v) is 29.2. The van der Waals surface area contributed by atoms with Crippen LogP contribution in [0.25, 0.3) is 0 Å². The maximum atomic E-state index is 6.66. The van der Waals surface area contributed by atoms with Crippen molar-refractivity contribution in [1.29, 1.82) is 0 Å². The Morgan fingerprint density at radius 2 is 0.680 bits per heavy atom. The number of rotatable bonds is 12. The molecule has 0 aliphatic heterocycles. The lowest BCUT2D eigenvalue weighted by atomic mass is 11.0. The van der Waals surface area contributed by atoms with E-state index in [2.05, 4.69) is 58.9 Å². The Kier molecular flexibility index (Phi) is 9.68. The van der Waals surface area contributed by atoms with Crippen LogP contribution in [0.2, 0.25) is 71.0 Å². The molecule has 0 atom stereocenters. The van der Waals surface area contributed by atoms with Crippen molar-refractivity contribution in [2.45, 2.75) is 71.0 Å². The van der Waals surface area contributed by atoms with Crippen LogP contribution in [0.5, 0.6) is 0 Å². The van der Waals surface area contributed by atoms with Crippen molar-refractivity contribution in [2.24, 2.45) is 0 Å². The van der Waals surface area contributed by atoms with Gasteiger partial charge in [0.1, 0.15) is 0 Å². The van der Waals surface area contributed by atoms with Gasteiger partial charge < -0.3 is 25.6 Å². The van der Waals surface area contributed by atoms with E-state index in [0.717, 1.165) is 0 Å². The molecule has 0 unspecified atom stereocenters. The summed E-state index contributed by atoms with van der Waals surface area (Å²) >= 11 is 0. The third kappa shape index (κ3) is 10.7. The molecule has 0 fully saturated rings. The highest BCUT2D eigenvalue weighted by molar-refractivity contribution is 6.90. The Bertz CT molecular complexity index is 349. The maximum Gasteiger partial charge on any atom is 0.500 e. The summed E-state index contributed by atoms with van der Waals surface area (Å²) in [5.74, 6) is 0. The maximum absolute atomic E-state index is 6.66. The molecule has 0 rings (SSSR count). The molecular formula is C14H40O6Si5. The van der Waals surface area contributed by atoms with E-state index in [1.54, 1.807) is 21.3 Å². The highest BCUT2D eigenvalue weighted by Crippen LogP contribution is 2.32. The van der Waals surface area contributed by atoms with Crippen LogP contribution >= 0.6 is 0 Å². The van der Waals surface area contributed by atoms with E-state index < -0.39 is 42.6 Å². The summed E-state index contributed by atoms with van der Waals surface area (Å²) < 4.78 is 36.8. The first kappa shape index (κ1) is 25.8. The minimum atomic E-state index is -2.88. The van der Waals surface area contributed by atoms with Crippen LogP contribution in [-0.2, 0) is 25.6 Å². The van der Waals surface area contributed by atoms with Crippen LogP contribution in [0, 0.1) is 0 Å². The van der Waals surface area contributed by atoms with E-state index in [-0.39, 0.29) is 0 Å². The fourth-order valence-corrected chi connectivity index (χ4v) is 20.1. The van der Waals surface area contributed by atoms with Gasteiger partial charge in [-0.15, -0.1) is 0 Å². The van der Waals surface area contributed by atoms with Gasteiger partial charge in [-0.05, 0) is 58.9 Å². The lowest BCUT2D eigenvalue weighted by Gasteiger charge is -2.43. The molecule has 0 aromatic heterocycles. The SMILES string of the molecule is CO[Si](CC[Si](O[Si](C)(C)C)(O[Si](C)(C)C)O[Si](C)(C)C)(OC)OC. The molecule has 0 aromatic carbocycles. The summed E-state index contributed by atoms with van der Waals surface area (Å²) in [5.41, 5.74) is 0. The zero-order valence-corrected chi connectivity index (χ0v) is 23.4. The van der Waals surface area contributed by atoms with Crippen LogP contribution in [0.15, 0.2) is 0 Å². The van der Waals surface area contributed by atoms with Crippen LogP contribution < -0.4 is 0 Å². The zero-order valence-electron chi connectivity index (χ0n) is 18.4. The molecule has 0 aliphatic carbocycles. The fourth-order valence-electron chi connectivity index (χ4n) is 2.48. The molecule has 0 heterocycles. The molecular weight excluding hydrogens is 405 g/mol. The van der Waals surface area contributed by atoms with Gasteiger partial charge in [0.25, 0.3) is 0 Å². The van der Waals surface area contributed by atoms with Gasteiger partial charge >= 0.3 is 17.6 Å². The van der Waals surface area contributed by atoms with Gasteiger partial charge in [-0.25, -0.2) is 0 Å². The summed E-state index contributed by atoms with van der Waals surface area (Å²) in [5, 5.41) is 0. The predicted octanol–water partition coefficient (Wildman–Crippen LogP) is 4.36. The standard InChI is InChI=1S/C14H40O6Si5/c1-15-24(16-2,17-3)13-14-25(18-21(4,5)6,19-22(7,8)9)20-23(10,11)12/h13-14H2,1-12H3. The van der Waals surface area contributed by atoms with E-state index in [1.807, 2.05) is 0 Å². The summed E-state index contributed by atoms with van der Waals surface area (Å²) in [7, 11) is -6.28. The van der Waals surface area contributed by atoms with Gasteiger partial charge in [0.15, 0.2) is 25.0 Å². The first-order chi connectivity index (χ1) is 11.0. The van der Waals surface area contributed by atoms with Crippen molar-refractivity contribution < 1.29 is 25.6 Å². The van der Waals surface area contributed by atoms with E-state index in [1.165, 1.54) is 0 Å². The van der Waals surface area contributed by atoms with Crippen molar-refractivity contribution in [3.63, 3.8) is 0 Å². The number of hydrogen-bond donors (Lipinski definition) is 0. The Morgan fingerprint density at radius 3 is 0.880 bits per heavy atom. The summed E-state index contributed by atoms with van der Waals surface area (Å²) in [6, 6.07) is 1.29. The molecule has 0 amide bonds. The van der Waals surface area contributed by atoms with Gasteiger partial charge in [-0.1, -0.05) is 0 Å². The first-order valence-corrected chi connectivity index (χ1v) is 22.9. The fraction of sp³-hybridized carbons (Fsp3) is 1.00. The molecule has 11 heteroatoms. The van der Waals surface area contributed by atoms with Crippen LogP contribution in [0.1, 0.15) is 0 Å². The summed E-state index contributed by atoms with van der Waals surface area (Å²) in [6.07, 6.45) is 0. The largest absolute Gasteiger partial charge is 0.500 e. The number of hydrogen-bond acceptors (Lipinski definition) is 6. The minimum Gasteiger partial charge on any atom is -0.417 e. The van der Waals surface area contributed by atoms with E-state index in [0.29, 0.717) is 12.1 Å². The molecule has 25 heavy (non-hydrogen) atoms. The normalized spacial score (nSPS) is 14.9. The van der Waals surface area contributed by atoms with Crippen molar-refractivity contribution in [1.82, 2.24) is 0 Å². The molecule has 0 radical (unpaired) electrons. The van der Waals surface area contributed by atoms with Gasteiger partial charge in [0.05, 0.1) is 0 Å². The van der Waals surface area contributed by atoms with Gasteiger partial charge in [0.2, 0.25) is 0 Å². The quantitative estimate of drug-likeness (QED) is 0.417. The Labute approximate surface area is 160 Å². The molecule has 0 aromatic rings. The van der Waals surface area contributed by atoms with E-state index >= 15 is 0 Å². The highest BCUT2D eigenvalue weighted by atomic mass is 28.5. The minimum absolute atomic E-state index is 0.627. The summed E-state index contributed by atoms with van der Waals surface area (Å²) in [6.45, 7) is 19.7. The molecule has 6 nitrogen and oxygen atoms in total. The molecule has 0 bridgehead atoms. The third-order valence-corrected chi connectivity index (χ3v) is 18.2. The molecule has 0 aliphatic rings. The Hall–Kier alpha value is 0.844. The topological polar surface area (TPSA) is 55.4 Å². The van der Waals surface area contributed by atoms with E-state index in [9.17, 15) is 0 Å². The smallest absolute Gasteiger partial charge is 0.417 e. The van der Waals surface area contributed by atoms with Gasteiger partial charge in [0, 0.05) is 33.4 Å². The van der Waals surface area contributed by atoms with Crippen molar-refractivity contribution in [3.05, 3.63) is 0 Å². The second-order valence-electron chi connectivity index (χ2n) is 9.12. The van der Waals surface area contributed by atoms with Crippen molar-refractivity contribution in [3.8, 4) is 0 Å². The average molecular weight is 445 g/mol. The molecule has 0 N–H and O–H groups in total. The Balaban J connectivity index is 5.80. The summed E-state index contributed by atoms with van der Waals surface area (Å²) in [4.78, 5) is 0. The third-order valence-electron chi connectivity index (χ3n) is 3.06.